The van der Waals surface area contributed by atoms with E-state index >= 15 is 0 Å². The molecule has 30 heavy (non-hydrogen) atoms. The molecule has 2 amide bonds. The van der Waals surface area contributed by atoms with Crippen LogP contribution in [0.3, 0.4) is 0 Å². The van der Waals surface area contributed by atoms with Crippen LogP contribution < -0.4 is 11.1 Å². The quantitative estimate of drug-likeness (QED) is 0.817. The summed E-state index contributed by atoms with van der Waals surface area (Å²) in [6, 6.07) is 11.8. The Morgan fingerprint density at radius 2 is 1.83 bits per heavy atom. The number of carbonyl (C=O) groups excluding carboxylic acids is 2. The van der Waals surface area contributed by atoms with Gasteiger partial charge in [0.15, 0.2) is 0 Å². The number of nitrogens with zero attached hydrogens (tertiary/aromatic N) is 3. The van der Waals surface area contributed by atoms with Crippen molar-refractivity contribution in [1.82, 2.24) is 9.88 Å². The van der Waals surface area contributed by atoms with E-state index in [9.17, 15) is 9.59 Å². The third kappa shape index (κ3) is 5.11. The first kappa shape index (κ1) is 21.2. The van der Waals surface area contributed by atoms with Gasteiger partial charge in [-0.1, -0.05) is 24.3 Å². The molecule has 0 unspecified atom stereocenters. The molecule has 2 heterocycles. The number of hydrogen-bond donors (Lipinski definition) is 2. The Morgan fingerprint density at radius 1 is 1.13 bits per heavy atom. The van der Waals surface area contributed by atoms with E-state index in [4.69, 9.17) is 5.73 Å². The number of amides is 2. The van der Waals surface area contributed by atoms with E-state index in [1.807, 2.05) is 30.3 Å². The molecular formula is C23H27N5O2. The summed E-state index contributed by atoms with van der Waals surface area (Å²) < 4.78 is 0. The van der Waals surface area contributed by atoms with Crippen molar-refractivity contribution in [2.75, 3.05) is 25.5 Å². The summed E-state index contributed by atoms with van der Waals surface area (Å²) in [5.74, 6) is 0.438. The third-order valence-electron chi connectivity index (χ3n) is 5.17. The molecule has 1 fully saturated rings. The molecule has 1 saturated heterocycles. The van der Waals surface area contributed by atoms with Crippen LogP contribution in [0.1, 0.15) is 25.8 Å². The standard InChI is InChI=1S/C23H27N5O2/c1-15(29)27-23-9-8-19(13-26-23)18-6-4-17(5-7-18)12-21(24)20-14-28(16(2)30)11-10-22(20)25-3/h4-9,13H,10-12,14,24H2,1-3H3,(H,26,27,29). The number of nitrogens with two attached hydrogens (primary N) is 1. The van der Waals surface area contributed by atoms with Gasteiger partial charge in [0.25, 0.3) is 0 Å². The van der Waals surface area contributed by atoms with E-state index in [0.717, 1.165) is 40.1 Å². The van der Waals surface area contributed by atoms with Crippen molar-refractivity contribution in [1.29, 1.82) is 0 Å². The zero-order chi connectivity index (χ0) is 21.7. The number of pyridine rings is 1. The summed E-state index contributed by atoms with van der Waals surface area (Å²) in [5, 5.41) is 2.66. The van der Waals surface area contributed by atoms with Crippen LogP contribution in [0.15, 0.2) is 58.9 Å². The van der Waals surface area contributed by atoms with E-state index in [2.05, 4.69) is 15.3 Å². The molecule has 7 nitrogen and oxygen atoms in total. The molecule has 156 valence electrons. The van der Waals surface area contributed by atoms with Crippen LogP contribution in [0, 0.1) is 0 Å². The Balaban J connectivity index is 1.75. The van der Waals surface area contributed by atoms with Crippen molar-refractivity contribution in [2.45, 2.75) is 26.7 Å². The molecule has 1 aliphatic heterocycles. The second-order valence-electron chi connectivity index (χ2n) is 7.35. The van der Waals surface area contributed by atoms with Crippen molar-refractivity contribution in [3.8, 4) is 11.1 Å². The summed E-state index contributed by atoms with van der Waals surface area (Å²) >= 11 is 0. The Labute approximate surface area is 176 Å². The minimum Gasteiger partial charge on any atom is -0.401 e. The maximum Gasteiger partial charge on any atom is 0.222 e. The molecule has 0 radical (unpaired) electrons. The largest absolute Gasteiger partial charge is 0.401 e. The van der Waals surface area contributed by atoms with E-state index < -0.39 is 0 Å². The lowest BCUT2D eigenvalue weighted by atomic mass is 9.96. The fourth-order valence-corrected chi connectivity index (χ4v) is 3.52. The number of hydrogen-bond acceptors (Lipinski definition) is 5. The van der Waals surface area contributed by atoms with Gasteiger partial charge in [0.2, 0.25) is 11.8 Å². The fraction of sp³-hybridized carbons (Fsp3) is 0.304. The molecule has 3 rings (SSSR count). The van der Waals surface area contributed by atoms with Gasteiger partial charge in [0, 0.05) is 75.6 Å². The normalized spacial score (nSPS) is 17.0. The lowest BCUT2D eigenvalue weighted by molar-refractivity contribution is -0.128. The molecule has 0 bridgehead atoms. The number of piperidine rings is 1. The molecule has 0 spiro atoms. The average Bonchev–Trinajstić information content (AvgIpc) is 2.74. The third-order valence-corrected chi connectivity index (χ3v) is 5.17. The van der Waals surface area contributed by atoms with Crippen molar-refractivity contribution < 1.29 is 9.59 Å². The topological polar surface area (TPSA) is 101 Å². The van der Waals surface area contributed by atoms with Crippen LogP contribution in [0.5, 0.6) is 0 Å². The number of benzene rings is 1. The molecule has 0 atom stereocenters. The van der Waals surface area contributed by atoms with Crippen LogP contribution in [0.2, 0.25) is 0 Å². The highest BCUT2D eigenvalue weighted by atomic mass is 16.2. The zero-order valence-electron chi connectivity index (χ0n) is 17.6. The predicted molar refractivity (Wildman–Crippen MR) is 119 cm³/mol. The van der Waals surface area contributed by atoms with Gasteiger partial charge in [0.05, 0.1) is 0 Å². The van der Waals surface area contributed by atoms with Crippen LogP contribution >= 0.6 is 0 Å². The Kier molecular flexibility index (Phi) is 6.61. The van der Waals surface area contributed by atoms with Gasteiger partial charge in [-0.05, 0) is 23.3 Å². The molecule has 2 aromatic rings. The molecule has 7 heteroatoms. The minimum atomic E-state index is -0.146. The number of rotatable bonds is 4. The van der Waals surface area contributed by atoms with Gasteiger partial charge in [-0.25, -0.2) is 4.98 Å². The second-order valence-corrected chi connectivity index (χ2v) is 7.35. The number of aromatic nitrogens is 1. The second kappa shape index (κ2) is 9.35. The van der Waals surface area contributed by atoms with E-state index in [1.54, 1.807) is 31.1 Å². The van der Waals surface area contributed by atoms with Crippen molar-refractivity contribution in [2.24, 2.45) is 10.7 Å². The van der Waals surface area contributed by atoms with E-state index in [-0.39, 0.29) is 11.8 Å². The number of anilines is 1. The Bertz CT molecular complexity index is 991. The average molecular weight is 406 g/mol. The van der Waals surface area contributed by atoms with Crippen molar-refractivity contribution in [3.05, 3.63) is 59.4 Å². The molecule has 1 aromatic heterocycles. The van der Waals surface area contributed by atoms with Gasteiger partial charge in [0.1, 0.15) is 5.82 Å². The molecule has 0 saturated carbocycles. The Morgan fingerprint density at radius 3 is 2.40 bits per heavy atom. The maximum absolute atomic E-state index is 11.8. The van der Waals surface area contributed by atoms with Crippen LogP contribution in [0.4, 0.5) is 5.82 Å². The zero-order valence-corrected chi connectivity index (χ0v) is 17.6. The van der Waals surface area contributed by atoms with Crippen LogP contribution in [-0.2, 0) is 16.0 Å². The van der Waals surface area contributed by atoms with Gasteiger partial charge in [-0.15, -0.1) is 0 Å². The van der Waals surface area contributed by atoms with Gasteiger partial charge < -0.3 is 16.0 Å². The maximum atomic E-state index is 11.8. The highest BCUT2D eigenvalue weighted by Crippen LogP contribution is 2.22. The number of likely N-dealkylation sites (tertiary alicyclic amines) is 1. The summed E-state index contributed by atoms with van der Waals surface area (Å²) in [6.45, 7) is 4.23. The number of aliphatic imine (C=N–C) groups is 1. The molecule has 1 aromatic carbocycles. The SMILES string of the molecule is CN=C1CCN(C(C)=O)CC1=C(N)Cc1ccc(-c2ccc(NC(C)=O)nc2)cc1. The van der Waals surface area contributed by atoms with Gasteiger partial charge in [-0.3, -0.25) is 14.6 Å². The molecule has 0 aliphatic carbocycles. The summed E-state index contributed by atoms with van der Waals surface area (Å²) in [6.07, 6.45) is 3.06. The lowest BCUT2D eigenvalue weighted by Crippen LogP contribution is -2.40. The lowest BCUT2D eigenvalue weighted by Gasteiger charge is -2.30. The monoisotopic (exact) mass is 405 g/mol. The van der Waals surface area contributed by atoms with Crippen LogP contribution in [0.25, 0.3) is 11.1 Å². The summed E-state index contributed by atoms with van der Waals surface area (Å²) in [7, 11) is 1.77. The first-order valence-electron chi connectivity index (χ1n) is 9.89. The number of carbonyl (C=O) groups is 2. The molecule has 1 aliphatic rings. The first-order valence-corrected chi connectivity index (χ1v) is 9.89. The Hall–Kier alpha value is -3.48. The van der Waals surface area contributed by atoms with E-state index in [0.29, 0.717) is 25.3 Å². The van der Waals surface area contributed by atoms with Gasteiger partial charge >= 0.3 is 0 Å². The summed E-state index contributed by atoms with van der Waals surface area (Å²) in [4.78, 5) is 33.3. The van der Waals surface area contributed by atoms with E-state index in [1.165, 1.54) is 6.92 Å². The fourth-order valence-electron chi connectivity index (χ4n) is 3.52. The van der Waals surface area contributed by atoms with Crippen molar-refractivity contribution in [3.63, 3.8) is 0 Å². The van der Waals surface area contributed by atoms with Gasteiger partial charge in [-0.2, -0.15) is 0 Å². The highest BCUT2D eigenvalue weighted by molar-refractivity contribution is 6.02. The molecule has 3 N–H and O–H groups in total. The smallest absolute Gasteiger partial charge is 0.222 e. The van der Waals surface area contributed by atoms with Crippen LogP contribution in [-0.4, -0.2) is 47.5 Å². The summed E-state index contributed by atoms with van der Waals surface area (Å²) in [5.41, 5.74) is 12.2. The molecular weight excluding hydrogens is 378 g/mol. The predicted octanol–water partition coefficient (Wildman–Crippen LogP) is 2.79. The minimum absolute atomic E-state index is 0.0536. The van der Waals surface area contributed by atoms with Crippen molar-refractivity contribution >= 4 is 23.3 Å². The number of nitrogens with one attached hydrogen (secondary N) is 1. The highest BCUT2D eigenvalue weighted by Gasteiger charge is 2.23. The first-order chi connectivity index (χ1) is 14.4. The number of allylic oxidation sites excluding steroid dienone is 1.